The number of pyridine rings is 1. The molecule has 0 radical (unpaired) electrons. The van der Waals surface area contributed by atoms with Gasteiger partial charge in [-0.05, 0) is 39.3 Å². The minimum absolute atomic E-state index is 0.0558. The van der Waals surface area contributed by atoms with Gasteiger partial charge < -0.3 is 15.0 Å². The van der Waals surface area contributed by atoms with Gasteiger partial charge in [0, 0.05) is 19.7 Å². The zero-order valence-corrected chi connectivity index (χ0v) is 12.6. The van der Waals surface area contributed by atoms with E-state index in [1.807, 2.05) is 40.0 Å². The van der Waals surface area contributed by atoms with Gasteiger partial charge in [0.15, 0.2) is 0 Å². The van der Waals surface area contributed by atoms with E-state index < -0.39 is 0 Å². The van der Waals surface area contributed by atoms with E-state index >= 15 is 0 Å². The second-order valence-corrected chi connectivity index (χ2v) is 5.56. The Kier molecular flexibility index (Phi) is 4.60. The highest BCUT2D eigenvalue weighted by Crippen LogP contribution is 2.20. The third kappa shape index (κ3) is 3.28. The van der Waals surface area contributed by atoms with Crippen LogP contribution in [0.3, 0.4) is 0 Å². The quantitative estimate of drug-likeness (QED) is 0.916. The van der Waals surface area contributed by atoms with Gasteiger partial charge in [0.25, 0.3) is 5.91 Å². The number of nitrogens with one attached hydrogen (secondary N) is 1. The molecule has 0 spiro atoms. The molecule has 1 aliphatic rings. The Bertz CT molecular complexity index is 476. The van der Waals surface area contributed by atoms with Crippen LogP contribution in [0.15, 0.2) is 18.2 Å². The van der Waals surface area contributed by atoms with Crippen molar-refractivity contribution in [3.8, 4) is 0 Å². The number of anilines is 1. The number of hydrogen-bond acceptors (Lipinski definition) is 4. The summed E-state index contributed by atoms with van der Waals surface area (Å²) in [5.74, 6) is 0.676. The second-order valence-electron chi connectivity index (χ2n) is 5.56. The van der Waals surface area contributed by atoms with Crippen molar-refractivity contribution in [2.75, 3.05) is 19.0 Å². The van der Waals surface area contributed by atoms with Gasteiger partial charge in [0.1, 0.15) is 11.5 Å². The molecule has 2 rings (SSSR count). The zero-order valence-electron chi connectivity index (χ0n) is 12.6. The second kappa shape index (κ2) is 6.22. The molecule has 1 fully saturated rings. The molecule has 1 aromatic heterocycles. The molecule has 5 heteroatoms. The topological polar surface area (TPSA) is 54.5 Å². The Balaban J connectivity index is 2.12. The zero-order chi connectivity index (χ0) is 14.7. The van der Waals surface area contributed by atoms with Gasteiger partial charge in [-0.15, -0.1) is 0 Å². The van der Waals surface area contributed by atoms with E-state index in [0.717, 1.165) is 12.2 Å². The van der Waals surface area contributed by atoms with Crippen LogP contribution in [0.25, 0.3) is 0 Å². The van der Waals surface area contributed by atoms with Gasteiger partial charge in [0.05, 0.1) is 12.1 Å². The normalized spacial score (nSPS) is 22.1. The van der Waals surface area contributed by atoms with Crippen molar-refractivity contribution in [3.05, 3.63) is 23.9 Å². The first-order chi connectivity index (χ1) is 9.49. The van der Waals surface area contributed by atoms with Gasteiger partial charge in [-0.25, -0.2) is 4.98 Å². The SMILES string of the molecule is CC(C)Nc1cccc(C(=O)N(C)C2CCOC2C)n1. The maximum Gasteiger partial charge on any atom is 0.272 e. The Morgan fingerprint density at radius 3 is 2.85 bits per heavy atom. The number of ether oxygens (including phenoxy) is 1. The first-order valence-corrected chi connectivity index (χ1v) is 7.11. The molecule has 0 saturated carbocycles. The lowest BCUT2D eigenvalue weighted by atomic mass is 10.1. The molecule has 2 heterocycles. The number of amides is 1. The fourth-order valence-electron chi connectivity index (χ4n) is 2.49. The van der Waals surface area contributed by atoms with Gasteiger partial charge in [-0.3, -0.25) is 4.79 Å². The Labute approximate surface area is 120 Å². The molecule has 0 aliphatic carbocycles. The summed E-state index contributed by atoms with van der Waals surface area (Å²) >= 11 is 0. The van der Waals surface area contributed by atoms with Crippen molar-refractivity contribution >= 4 is 11.7 Å². The highest BCUT2D eigenvalue weighted by atomic mass is 16.5. The summed E-state index contributed by atoms with van der Waals surface area (Å²) in [5, 5.41) is 3.21. The molecular formula is C15H23N3O2. The van der Waals surface area contributed by atoms with Crippen LogP contribution in [-0.4, -0.2) is 47.6 Å². The summed E-state index contributed by atoms with van der Waals surface area (Å²) in [5.41, 5.74) is 0.470. The average molecular weight is 277 g/mol. The van der Waals surface area contributed by atoms with Crippen molar-refractivity contribution in [1.82, 2.24) is 9.88 Å². The van der Waals surface area contributed by atoms with Crippen molar-refractivity contribution < 1.29 is 9.53 Å². The van der Waals surface area contributed by atoms with Crippen LogP contribution in [-0.2, 0) is 4.74 Å². The fraction of sp³-hybridized carbons (Fsp3) is 0.600. The third-order valence-corrected chi connectivity index (χ3v) is 3.56. The minimum Gasteiger partial charge on any atom is -0.376 e. The summed E-state index contributed by atoms with van der Waals surface area (Å²) in [4.78, 5) is 18.6. The van der Waals surface area contributed by atoms with E-state index in [9.17, 15) is 4.79 Å². The number of likely N-dealkylation sites (N-methyl/N-ethyl adjacent to an activating group) is 1. The molecule has 0 bridgehead atoms. The van der Waals surface area contributed by atoms with Crippen LogP contribution in [0.2, 0.25) is 0 Å². The average Bonchev–Trinajstić information content (AvgIpc) is 2.83. The molecule has 1 N–H and O–H groups in total. The highest BCUT2D eigenvalue weighted by molar-refractivity contribution is 5.92. The predicted octanol–water partition coefficient (Wildman–Crippen LogP) is 2.15. The number of hydrogen-bond donors (Lipinski definition) is 1. The minimum atomic E-state index is -0.0558. The lowest BCUT2D eigenvalue weighted by Gasteiger charge is -2.26. The summed E-state index contributed by atoms with van der Waals surface area (Å²) in [7, 11) is 1.82. The van der Waals surface area contributed by atoms with Crippen LogP contribution in [0, 0.1) is 0 Å². The van der Waals surface area contributed by atoms with E-state index in [4.69, 9.17) is 4.74 Å². The number of carbonyl (C=O) groups excluding carboxylic acids is 1. The van der Waals surface area contributed by atoms with Crippen LogP contribution >= 0.6 is 0 Å². The van der Waals surface area contributed by atoms with Crippen LogP contribution in [0.5, 0.6) is 0 Å². The number of nitrogens with zero attached hydrogens (tertiary/aromatic N) is 2. The number of rotatable bonds is 4. The molecule has 1 amide bonds. The molecule has 0 aromatic carbocycles. The van der Waals surface area contributed by atoms with E-state index in [-0.39, 0.29) is 24.1 Å². The Morgan fingerprint density at radius 2 is 2.25 bits per heavy atom. The van der Waals surface area contributed by atoms with Crippen molar-refractivity contribution in [1.29, 1.82) is 0 Å². The number of carbonyl (C=O) groups is 1. The van der Waals surface area contributed by atoms with Crippen LogP contribution in [0.1, 0.15) is 37.7 Å². The molecular weight excluding hydrogens is 254 g/mol. The molecule has 1 saturated heterocycles. The van der Waals surface area contributed by atoms with Gasteiger partial charge in [-0.2, -0.15) is 0 Å². The molecule has 1 aromatic rings. The largest absolute Gasteiger partial charge is 0.376 e. The summed E-state index contributed by atoms with van der Waals surface area (Å²) in [6.07, 6.45) is 0.966. The van der Waals surface area contributed by atoms with E-state index in [1.54, 1.807) is 11.0 Å². The van der Waals surface area contributed by atoms with E-state index in [0.29, 0.717) is 12.3 Å². The Morgan fingerprint density at radius 1 is 1.50 bits per heavy atom. The lowest BCUT2D eigenvalue weighted by Crippen LogP contribution is -2.41. The third-order valence-electron chi connectivity index (χ3n) is 3.56. The van der Waals surface area contributed by atoms with Crippen LogP contribution in [0.4, 0.5) is 5.82 Å². The monoisotopic (exact) mass is 277 g/mol. The molecule has 2 unspecified atom stereocenters. The standard InChI is InChI=1S/C15H23N3O2/c1-10(2)16-14-7-5-6-12(17-14)15(19)18(4)13-8-9-20-11(13)3/h5-7,10-11,13H,8-9H2,1-4H3,(H,16,17). The summed E-state index contributed by atoms with van der Waals surface area (Å²) < 4.78 is 5.52. The van der Waals surface area contributed by atoms with Crippen molar-refractivity contribution in [2.45, 2.75) is 45.4 Å². The molecule has 2 atom stereocenters. The first kappa shape index (κ1) is 14.8. The smallest absolute Gasteiger partial charge is 0.272 e. The molecule has 20 heavy (non-hydrogen) atoms. The Hall–Kier alpha value is -1.62. The first-order valence-electron chi connectivity index (χ1n) is 7.11. The maximum atomic E-state index is 12.5. The molecule has 1 aliphatic heterocycles. The molecule has 5 nitrogen and oxygen atoms in total. The van der Waals surface area contributed by atoms with E-state index in [2.05, 4.69) is 10.3 Å². The van der Waals surface area contributed by atoms with Crippen molar-refractivity contribution in [3.63, 3.8) is 0 Å². The highest BCUT2D eigenvalue weighted by Gasteiger charge is 2.31. The maximum absolute atomic E-state index is 12.5. The van der Waals surface area contributed by atoms with Gasteiger partial charge in [-0.1, -0.05) is 6.07 Å². The number of aromatic nitrogens is 1. The fourth-order valence-corrected chi connectivity index (χ4v) is 2.49. The summed E-state index contributed by atoms with van der Waals surface area (Å²) in [6.45, 7) is 6.80. The van der Waals surface area contributed by atoms with Gasteiger partial charge >= 0.3 is 0 Å². The van der Waals surface area contributed by atoms with E-state index in [1.165, 1.54) is 0 Å². The lowest BCUT2D eigenvalue weighted by molar-refractivity contribution is 0.0570. The van der Waals surface area contributed by atoms with Crippen molar-refractivity contribution in [2.24, 2.45) is 0 Å². The van der Waals surface area contributed by atoms with Crippen LogP contribution < -0.4 is 5.32 Å². The summed E-state index contributed by atoms with van der Waals surface area (Å²) in [6, 6.07) is 5.90. The molecule has 110 valence electrons. The predicted molar refractivity (Wildman–Crippen MR) is 78.9 cm³/mol. The van der Waals surface area contributed by atoms with Gasteiger partial charge in [0.2, 0.25) is 0 Å².